The lowest BCUT2D eigenvalue weighted by atomic mass is 10.1. The zero-order chi connectivity index (χ0) is 15.2. The molecule has 21 heavy (non-hydrogen) atoms. The minimum atomic E-state index is 0.355. The van der Waals surface area contributed by atoms with E-state index in [-0.39, 0.29) is 0 Å². The zero-order valence-electron chi connectivity index (χ0n) is 12.9. The molecule has 2 N–H and O–H groups in total. The molecule has 0 aromatic heterocycles. The van der Waals surface area contributed by atoms with Gasteiger partial charge < -0.3 is 15.2 Å². The maximum atomic E-state index is 10.1. The third-order valence-corrected chi connectivity index (χ3v) is 3.39. The second-order valence-electron chi connectivity index (χ2n) is 5.28. The normalized spacial score (nSPS) is 10.4. The maximum absolute atomic E-state index is 10.1. The first kappa shape index (κ1) is 15.2. The minimum Gasteiger partial charge on any atom is -0.507 e. The summed E-state index contributed by atoms with van der Waals surface area (Å²) in [4.78, 5) is 0. The van der Waals surface area contributed by atoms with E-state index in [0.717, 1.165) is 29.0 Å². The van der Waals surface area contributed by atoms with Gasteiger partial charge in [-0.2, -0.15) is 0 Å². The Morgan fingerprint density at radius 3 is 2.71 bits per heavy atom. The molecule has 0 bridgehead atoms. The topological polar surface area (TPSA) is 41.5 Å². The minimum absolute atomic E-state index is 0.355. The summed E-state index contributed by atoms with van der Waals surface area (Å²) in [6.07, 6.45) is 0.978. The van der Waals surface area contributed by atoms with Crippen LogP contribution < -0.4 is 10.1 Å². The molecule has 0 spiro atoms. The Morgan fingerprint density at radius 1 is 1.14 bits per heavy atom. The fourth-order valence-electron chi connectivity index (χ4n) is 2.16. The van der Waals surface area contributed by atoms with Gasteiger partial charge in [-0.1, -0.05) is 31.2 Å². The van der Waals surface area contributed by atoms with Crippen molar-refractivity contribution in [2.75, 3.05) is 11.9 Å². The molecule has 112 valence electrons. The quantitative estimate of drug-likeness (QED) is 0.826. The van der Waals surface area contributed by atoms with Gasteiger partial charge in [0.25, 0.3) is 0 Å². The van der Waals surface area contributed by atoms with Gasteiger partial charge in [-0.3, -0.25) is 0 Å². The molecule has 0 aliphatic heterocycles. The van der Waals surface area contributed by atoms with Crippen LogP contribution in [0.5, 0.6) is 11.5 Å². The van der Waals surface area contributed by atoms with Crippen molar-refractivity contribution < 1.29 is 9.84 Å². The second kappa shape index (κ2) is 7.02. The SMILES string of the molecule is CCCOc1cc(C)ccc1NCc1cccc(C)c1O. The predicted molar refractivity (Wildman–Crippen MR) is 87.1 cm³/mol. The highest BCUT2D eigenvalue weighted by Crippen LogP contribution is 2.28. The van der Waals surface area contributed by atoms with Crippen molar-refractivity contribution in [3.05, 3.63) is 53.1 Å². The second-order valence-corrected chi connectivity index (χ2v) is 5.28. The smallest absolute Gasteiger partial charge is 0.142 e. The van der Waals surface area contributed by atoms with Crippen molar-refractivity contribution in [2.45, 2.75) is 33.7 Å². The number of hydrogen-bond donors (Lipinski definition) is 2. The third-order valence-electron chi connectivity index (χ3n) is 3.39. The van der Waals surface area contributed by atoms with Gasteiger partial charge in [0.1, 0.15) is 11.5 Å². The number of rotatable bonds is 6. The van der Waals surface area contributed by atoms with Crippen LogP contribution in [0.1, 0.15) is 30.0 Å². The lowest BCUT2D eigenvalue weighted by Crippen LogP contribution is -2.04. The molecule has 2 aromatic carbocycles. The molecular weight excluding hydrogens is 262 g/mol. The van der Waals surface area contributed by atoms with Gasteiger partial charge in [0.2, 0.25) is 0 Å². The summed E-state index contributed by atoms with van der Waals surface area (Å²) in [5.74, 6) is 1.22. The predicted octanol–water partition coefficient (Wildman–Crippen LogP) is 4.41. The Balaban J connectivity index is 2.14. The van der Waals surface area contributed by atoms with E-state index in [0.29, 0.717) is 18.9 Å². The van der Waals surface area contributed by atoms with Crippen LogP contribution >= 0.6 is 0 Å². The molecule has 2 aromatic rings. The van der Waals surface area contributed by atoms with E-state index >= 15 is 0 Å². The number of anilines is 1. The highest BCUT2D eigenvalue weighted by Gasteiger charge is 2.07. The van der Waals surface area contributed by atoms with Crippen molar-refractivity contribution in [1.29, 1.82) is 0 Å². The molecule has 0 amide bonds. The standard InChI is InChI=1S/C18H23NO2/c1-4-10-21-17-11-13(2)8-9-16(17)19-12-15-7-5-6-14(3)18(15)20/h5-9,11,19-20H,4,10,12H2,1-3H3. The first-order chi connectivity index (χ1) is 10.1. The number of aromatic hydroxyl groups is 1. The Bertz CT molecular complexity index is 608. The number of nitrogens with one attached hydrogen (secondary N) is 1. The molecule has 0 radical (unpaired) electrons. The van der Waals surface area contributed by atoms with Crippen molar-refractivity contribution in [2.24, 2.45) is 0 Å². The Hall–Kier alpha value is -2.16. The van der Waals surface area contributed by atoms with Crippen LogP contribution in [-0.4, -0.2) is 11.7 Å². The first-order valence-electron chi connectivity index (χ1n) is 7.36. The highest BCUT2D eigenvalue weighted by atomic mass is 16.5. The monoisotopic (exact) mass is 285 g/mol. The number of ether oxygens (including phenoxy) is 1. The van der Waals surface area contributed by atoms with Crippen LogP contribution in [0.15, 0.2) is 36.4 Å². The van der Waals surface area contributed by atoms with Gasteiger partial charge in [-0.25, -0.2) is 0 Å². The molecule has 0 saturated heterocycles. The number of benzene rings is 2. The molecule has 0 fully saturated rings. The number of para-hydroxylation sites is 1. The molecule has 3 nitrogen and oxygen atoms in total. The lowest BCUT2D eigenvalue weighted by molar-refractivity contribution is 0.318. The molecule has 0 atom stereocenters. The van der Waals surface area contributed by atoms with Gasteiger partial charge in [-0.05, 0) is 43.5 Å². The van der Waals surface area contributed by atoms with E-state index in [1.165, 1.54) is 5.56 Å². The molecule has 0 aliphatic carbocycles. The van der Waals surface area contributed by atoms with Crippen LogP contribution in [0, 0.1) is 13.8 Å². The lowest BCUT2D eigenvalue weighted by Gasteiger charge is -2.14. The van der Waals surface area contributed by atoms with Gasteiger partial charge in [0.05, 0.1) is 12.3 Å². The summed E-state index contributed by atoms with van der Waals surface area (Å²) in [5, 5.41) is 13.4. The van der Waals surface area contributed by atoms with E-state index < -0.39 is 0 Å². The van der Waals surface area contributed by atoms with Gasteiger partial charge in [-0.15, -0.1) is 0 Å². The van der Waals surface area contributed by atoms with Gasteiger partial charge >= 0.3 is 0 Å². The van der Waals surface area contributed by atoms with Crippen LogP contribution in [0.2, 0.25) is 0 Å². The molecule has 0 saturated carbocycles. The number of aryl methyl sites for hydroxylation is 2. The van der Waals surface area contributed by atoms with E-state index in [9.17, 15) is 5.11 Å². The zero-order valence-corrected chi connectivity index (χ0v) is 12.9. The molecule has 3 heteroatoms. The summed E-state index contributed by atoms with van der Waals surface area (Å²) < 4.78 is 5.78. The first-order valence-corrected chi connectivity index (χ1v) is 7.36. The van der Waals surface area contributed by atoms with E-state index in [1.807, 2.05) is 37.3 Å². The molecule has 0 heterocycles. The summed E-state index contributed by atoms with van der Waals surface area (Å²) in [7, 11) is 0. The molecule has 0 aliphatic rings. The average Bonchev–Trinajstić information content (AvgIpc) is 2.48. The summed E-state index contributed by atoms with van der Waals surface area (Å²) >= 11 is 0. The van der Waals surface area contributed by atoms with Crippen LogP contribution in [-0.2, 0) is 6.54 Å². The Labute approximate surface area is 126 Å². The van der Waals surface area contributed by atoms with Crippen LogP contribution in [0.25, 0.3) is 0 Å². The Kier molecular flexibility index (Phi) is 5.09. The van der Waals surface area contributed by atoms with Gasteiger partial charge in [0.15, 0.2) is 0 Å². The molecule has 2 rings (SSSR count). The number of hydrogen-bond acceptors (Lipinski definition) is 3. The third kappa shape index (κ3) is 3.91. The molecular formula is C18H23NO2. The summed E-state index contributed by atoms with van der Waals surface area (Å²) in [6, 6.07) is 11.9. The number of phenolic OH excluding ortho intramolecular Hbond substituents is 1. The fraction of sp³-hybridized carbons (Fsp3) is 0.333. The summed E-state index contributed by atoms with van der Waals surface area (Å²) in [5.41, 5.74) is 3.90. The van der Waals surface area contributed by atoms with E-state index in [2.05, 4.69) is 25.2 Å². The van der Waals surface area contributed by atoms with Crippen LogP contribution in [0.4, 0.5) is 5.69 Å². The maximum Gasteiger partial charge on any atom is 0.142 e. The van der Waals surface area contributed by atoms with Gasteiger partial charge in [0, 0.05) is 12.1 Å². The van der Waals surface area contributed by atoms with Crippen molar-refractivity contribution >= 4 is 5.69 Å². The van der Waals surface area contributed by atoms with E-state index in [1.54, 1.807) is 0 Å². The van der Waals surface area contributed by atoms with Crippen molar-refractivity contribution in [3.8, 4) is 11.5 Å². The average molecular weight is 285 g/mol. The van der Waals surface area contributed by atoms with E-state index in [4.69, 9.17) is 4.74 Å². The largest absolute Gasteiger partial charge is 0.507 e. The van der Waals surface area contributed by atoms with Crippen LogP contribution in [0.3, 0.4) is 0 Å². The van der Waals surface area contributed by atoms with Crippen molar-refractivity contribution in [3.63, 3.8) is 0 Å². The Morgan fingerprint density at radius 2 is 1.95 bits per heavy atom. The fourth-order valence-corrected chi connectivity index (χ4v) is 2.16. The summed E-state index contributed by atoms with van der Waals surface area (Å²) in [6.45, 7) is 7.32. The molecule has 0 unspecified atom stereocenters. The number of phenols is 1. The highest BCUT2D eigenvalue weighted by molar-refractivity contribution is 5.58. The van der Waals surface area contributed by atoms with Crippen molar-refractivity contribution in [1.82, 2.24) is 0 Å².